The quantitative estimate of drug-likeness (QED) is 0.934. The topological polar surface area (TPSA) is 24.9 Å². The van der Waals surface area contributed by atoms with Crippen LogP contribution in [0.25, 0.3) is 0 Å². The van der Waals surface area contributed by atoms with Crippen molar-refractivity contribution in [3.8, 4) is 0 Å². The second kappa shape index (κ2) is 5.57. The van der Waals surface area contributed by atoms with Gasteiger partial charge in [0, 0.05) is 30.4 Å². The third kappa shape index (κ3) is 3.14. The normalized spacial score (nSPS) is 10.6. The van der Waals surface area contributed by atoms with Crippen LogP contribution in [-0.4, -0.2) is 4.98 Å². The molecule has 0 atom stereocenters. The lowest BCUT2D eigenvalue weighted by Crippen LogP contribution is -2.11. The zero-order valence-electron chi connectivity index (χ0n) is 9.03. The number of nitrogens with one attached hydrogen (secondary N) is 1. The molecule has 0 amide bonds. The fraction of sp³-hybridized carbons (Fsp3) is 0.250. The summed E-state index contributed by atoms with van der Waals surface area (Å²) in [5.41, 5.74) is 2.53. The molecular formula is C12H13BrN2S. The SMILES string of the molecule is Cc1cc(CNCc2cccnc2)sc1Br. The fourth-order valence-electron chi connectivity index (χ4n) is 1.44. The second-order valence-corrected chi connectivity index (χ2v) is 6.09. The van der Waals surface area contributed by atoms with Gasteiger partial charge >= 0.3 is 0 Å². The first-order valence-corrected chi connectivity index (χ1v) is 6.71. The number of pyridine rings is 1. The van der Waals surface area contributed by atoms with Crippen LogP contribution in [0, 0.1) is 6.92 Å². The molecule has 0 aliphatic rings. The summed E-state index contributed by atoms with van der Waals surface area (Å²) in [6.45, 7) is 3.89. The van der Waals surface area contributed by atoms with E-state index in [1.165, 1.54) is 19.8 Å². The number of rotatable bonds is 4. The summed E-state index contributed by atoms with van der Waals surface area (Å²) < 4.78 is 1.23. The Morgan fingerprint density at radius 3 is 2.94 bits per heavy atom. The van der Waals surface area contributed by atoms with Crippen LogP contribution in [0.5, 0.6) is 0 Å². The Bertz CT molecular complexity index is 434. The average Bonchev–Trinajstić information content (AvgIpc) is 2.60. The summed E-state index contributed by atoms with van der Waals surface area (Å²) in [5, 5.41) is 3.41. The van der Waals surface area contributed by atoms with Crippen molar-refractivity contribution in [2.45, 2.75) is 20.0 Å². The maximum Gasteiger partial charge on any atom is 0.0730 e. The van der Waals surface area contributed by atoms with Crippen molar-refractivity contribution < 1.29 is 0 Å². The van der Waals surface area contributed by atoms with Crippen LogP contribution in [0.15, 0.2) is 34.4 Å². The number of aromatic nitrogens is 1. The first kappa shape index (κ1) is 11.8. The number of thiophene rings is 1. The Morgan fingerprint density at radius 2 is 2.31 bits per heavy atom. The van der Waals surface area contributed by atoms with E-state index in [2.05, 4.69) is 45.3 Å². The number of hydrogen-bond acceptors (Lipinski definition) is 3. The van der Waals surface area contributed by atoms with Crippen molar-refractivity contribution >= 4 is 27.3 Å². The molecule has 2 rings (SSSR count). The van der Waals surface area contributed by atoms with E-state index in [9.17, 15) is 0 Å². The van der Waals surface area contributed by atoms with Crippen molar-refractivity contribution in [2.24, 2.45) is 0 Å². The van der Waals surface area contributed by atoms with Gasteiger partial charge in [0.15, 0.2) is 0 Å². The minimum Gasteiger partial charge on any atom is -0.308 e. The smallest absolute Gasteiger partial charge is 0.0730 e. The third-order valence-corrected chi connectivity index (χ3v) is 4.40. The molecule has 0 spiro atoms. The molecule has 16 heavy (non-hydrogen) atoms. The van der Waals surface area contributed by atoms with Gasteiger partial charge in [0.2, 0.25) is 0 Å². The monoisotopic (exact) mass is 296 g/mol. The lowest BCUT2D eigenvalue weighted by Gasteiger charge is -2.02. The molecule has 84 valence electrons. The maximum atomic E-state index is 4.08. The van der Waals surface area contributed by atoms with Crippen molar-refractivity contribution in [2.75, 3.05) is 0 Å². The molecule has 0 unspecified atom stereocenters. The molecule has 0 saturated heterocycles. The van der Waals surface area contributed by atoms with E-state index < -0.39 is 0 Å². The predicted molar refractivity (Wildman–Crippen MR) is 71.5 cm³/mol. The molecule has 0 radical (unpaired) electrons. The zero-order valence-corrected chi connectivity index (χ0v) is 11.4. The number of nitrogens with zero attached hydrogens (tertiary/aromatic N) is 1. The summed E-state index contributed by atoms with van der Waals surface area (Å²) in [7, 11) is 0. The van der Waals surface area contributed by atoms with Gasteiger partial charge in [-0.1, -0.05) is 6.07 Å². The molecule has 4 heteroatoms. The molecule has 2 aromatic rings. The van der Waals surface area contributed by atoms with Gasteiger partial charge in [-0.2, -0.15) is 0 Å². The summed E-state index contributed by atoms with van der Waals surface area (Å²) >= 11 is 5.32. The molecular weight excluding hydrogens is 284 g/mol. The largest absolute Gasteiger partial charge is 0.308 e. The van der Waals surface area contributed by atoms with Crippen LogP contribution in [0.3, 0.4) is 0 Å². The molecule has 0 aromatic carbocycles. The van der Waals surface area contributed by atoms with E-state index in [-0.39, 0.29) is 0 Å². The van der Waals surface area contributed by atoms with E-state index in [4.69, 9.17) is 0 Å². The first-order valence-electron chi connectivity index (χ1n) is 5.10. The molecule has 0 aliphatic carbocycles. The van der Waals surface area contributed by atoms with Gasteiger partial charge < -0.3 is 5.32 Å². The lowest BCUT2D eigenvalue weighted by molar-refractivity contribution is 0.698. The summed E-state index contributed by atoms with van der Waals surface area (Å²) in [6, 6.07) is 6.25. The molecule has 2 nitrogen and oxygen atoms in total. The van der Waals surface area contributed by atoms with Crippen LogP contribution >= 0.6 is 27.3 Å². The number of halogens is 1. The highest BCUT2D eigenvalue weighted by Crippen LogP contribution is 2.27. The molecule has 0 fully saturated rings. The number of aryl methyl sites for hydroxylation is 1. The number of hydrogen-bond donors (Lipinski definition) is 1. The van der Waals surface area contributed by atoms with Gasteiger partial charge in [-0.15, -0.1) is 11.3 Å². The molecule has 1 N–H and O–H groups in total. The van der Waals surface area contributed by atoms with Gasteiger partial charge in [-0.3, -0.25) is 4.98 Å². The highest BCUT2D eigenvalue weighted by Gasteiger charge is 2.02. The van der Waals surface area contributed by atoms with E-state index >= 15 is 0 Å². The van der Waals surface area contributed by atoms with Crippen LogP contribution in [0.4, 0.5) is 0 Å². The Hall–Kier alpha value is -0.710. The molecule has 0 bridgehead atoms. The van der Waals surface area contributed by atoms with Crippen molar-refractivity contribution in [1.82, 2.24) is 10.3 Å². The zero-order chi connectivity index (χ0) is 11.4. The standard InChI is InChI=1S/C12H13BrN2S/c1-9-5-11(16-12(9)13)8-15-7-10-3-2-4-14-6-10/h2-6,15H,7-8H2,1H3. The minimum absolute atomic E-state index is 0.863. The van der Waals surface area contributed by atoms with Crippen LogP contribution in [-0.2, 0) is 13.1 Å². The van der Waals surface area contributed by atoms with Crippen molar-refractivity contribution in [3.63, 3.8) is 0 Å². The Kier molecular flexibility index (Phi) is 4.09. The van der Waals surface area contributed by atoms with Gasteiger partial charge in [-0.05, 0) is 46.1 Å². The predicted octanol–water partition coefficient (Wildman–Crippen LogP) is 3.50. The average molecular weight is 297 g/mol. The van der Waals surface area contributed by atoms with Crippen molar-refractivity contribution in [3.05, 3.63) is 50.4 Å². The van der Waals surface area contributed by atoms with Gasteiger partial charge in [0.1, 0.15) is 0 Å². The van der Waals surface area contributed by atoms with E-state index in [0.29, 0.717) is 0 Å². The molecule has 2 heterocycles. The van der Waals surface area contributed by atoms with E-state index in [1.54, 1.807) is 17.5 Å². The fourth-order valence-corrected chi connectivity index (χ4v) is 3.04. The molecule has 2 aromatic heterocycles. The van der Waals surface area contributed by atoms with E-state index in [0.717, 1.165) is 13.1 Å². The molecule has 0 aliphatic heterocycles. The van der Waals surface area contributed by atoms with Crippen LogP contribution < -0.4 is 5.32 Å². The van der Waals surface area contributed by atoms with Gasteiger partial charge in [0.25, 0.3) is 0 Å². The van der Waals surface area contributed by atoms with Crippen LogP contribution in [0.1, 0.15) is 16.0 Å². The summed E-state index contributed by atoms with van der Waals surface area (Å²) in [6.07, 6.45) is 3.69. The Labute approximate surface area is 108 Å². The third-order valence-electron chi connectivity index (χ3n) is 2.26. The minimum atomic E-state index is 0.863. The first-order chi connectivity index (χ1) is 7.75. The van der Waals surface area contributed by atoms with Crippen molar-refractivity contribution in [1.29, 1.82) is 0 Å². The Morgan fingerprint density at radius 1 is 1.44 bits per heavy atom. The summed E-state index contributed by atoms with van der Waals surface area (Å²) in [4.78, 5) is 5.44. The highest BCUT2D eigenvalue weighted by molar-refractivity contribution is 9.11. The summed E-state index contributed by atoms with van der Waals surface area (Å²) in [5.74, 6) is 0. The highest BCUT2D eigenvalue weighted by atomic mass is 79.9. The maximum absolute atomic E-state index is 4.08. The lowest BCUT2D eigenvalue weighted by atomic mass is 10.3. The van der Waals surface area contributed by atoms with Gasteiger partial charge in [0.05, 0.1) is 3.79 Å². The van der Waals surface area contributed by atoms with Crippen LogP contribution in [0.2, 0.25) is 0 Å². The van der Waals surface area contributed by atoms with Gasteiger partial charge in [-0.25, -0.2) is 0 Å². The Balaban J connectivity index is 1.84. The molecule has 0 saturated carbocycles. The second-order valence-electron chi connectivity index (χ2n) is 3.63. The van der Waals surface area contributed by atoms with E-state index in [1.807, 2.05) is 12.3 Å².